The lowest BCUT2D eigenvalue weighted by molar-refractivity contribution is -0.116. The molecule has 0 saturated heterocycles. The number of nitrogens with one attached hydrogen (secondary N) is 1. The molecule has 2 heterocycles. The summed E-state index contributed by atoms with van der Waals surface area (Å²) in [5, 5.41) is 5.82. The van der Waals surface area contributed by atoms with Crippen molar-refractivity contribution < 1.29 is 9.53 Å². The Morgan fingerprint density at radius 2 is 1.96 bits per heavy atom. The van der Waals surface area contributed by atoms with Crippen molar-refractivity contribution in [3.8, 4) is 17.1 Å². The number of ether oxygens (including phenoxy) is 1. The lowest BCUT2D eigenvalue weighted by atomic mass is 10.2. The highest BCUT2D eigenvalue weighted by Gasteiger charge is 2.11. The zero-order chi connectivity index (χ0) is 18.4. The Morgan fingerprint density at radius 3 is 2.73 bits per heavy atom. The van der Waals surface area contributed by atoms with Gasteiger partial charge in [-0.1, -0.05) is 18.2 Å². The van der Waals surface area contributed by atoms with E-state index in [1.54, 1.807) is 17.5 Å². The van der Waals surface area contributed by atoms with Gasteiger partial charge in [0.1, 0.15) is 5.75 Å². The van der Waals surface area contributed by atoms with Gasteiger partial charge < -0.3 is 10.1 Å². The van der Waals surface area contributed by atoms with Crippen LogP contribution in [-0.2, 0) is 11.2 Å². The van der Waals surface area contributed by atoms with Crippen molar-refractivity contribution in [1.82, 2.24) is 9.97 Å². The second-order valence-electron chi connectivity index (χ2n) is 6.05. The van der Waals surface area contributed by atoms with Gasteiger partial charge in [0, 0.05) is 24.4 Å². The number of pyridine rings is 1. The third-order valence-electron chi connectivity index (χ3n) is 3.57. The molecule has 0 spiro atoms. The fourth-order valence-electron chi connectivity index (χ4n) is 2.42. The first kappa shape index (κ1) is 18.1. The predicted octanol–water partition coefficient (Wildman–Crippen LogP) is 4.56. The SMILES string of the molecule is CC(C)Oc1ccccc1NC(=O)CCc1nc(-c2ccccn2)cs1. The molecular formula is C20H21N3O2S. The van der Waals surface area contributed by atoms with Gasteiger partial charge in [0.25, 0.3) is 0 Å². The number of aryl methyl sites for hydroxylation is 1. The monoisotopic (exact) mass is 367 g/mol. The van der Waals surface area contributed by atoms with E-state index in [2.05, 4.69) is 15.3 Å². The van der Waals surface area contributed by atoms with E-state index < -0.39 is 0 Å². The third kappa shape index (κ3) is 4.89. The van der Waals surface area contributed by atoms with Gasteiger partial charge in [-0.15, -0.1) is 11.3 Å². The maximum Gasteiger partial charge on any atom is 0.224 e. The van der Waals surface area contributed by atoms with Crippen LogP contribution in [0.25, 0.3) is 11.4 Å². The standard InChI is InChI=1S/C20H21N3O2S/c1-14(2)25-18-9-4-3-8-16(18)22-19(24)10-11-20-23-17(13-26-20)15-7-5-6-12-21-15/h3-9,12-14H,10-11H2,1-2H3,(H,22,24). The number of hydrogen-bond donors (Lipinski definition) is 1. The number of nitrogens with zero attached hydrogens (tertiary/aromatic N) is 2. The zero-order valence-electron chi connectivity index (χ0n) is 14.8. The molecule has 1 aromatic carbocycles. The molecule has 0 radical (unpaired) electrons. The smallest absolute Gasteiger partial charge is 0.224 e. The van der Waals surface area contributed by atoms with Crippen LogP contribution < -0.4 is 10.1 Å². The first-order valence-corrected chi connectivity index (χ1v) is 9.41. The van der Waals surface area contributed by atoms with E-state index in [0.29, 0.717) is 24.3 Å². The first-order valence-electron chi connectivity index (χ1n) is 8.53. The number of benzene rings is 1. The molecule has 0 aliphatic carbocycles. The zero-order valence-corrected chi connectivity index (χ0v) is 15.6. The molecule has 0 bridgehead atoms. The summed E-state index contributed by atoms with van der Waals surface area (Å²) < 4.78 is 5.73. The predicted molar refractivity (Wildman–Crippen MR) is 105 cm³/mol. The molecule has 6 heteroatoms. The van der Waals surface area contributed by atoms with Crippen molar-refractivity contribution in [2.24, 2.45) is 0 Å². The Bertz CT molecular complexity index is 862. The molecule has 3 aromatic rings. The number of hydrogen-bond acceptors (Lipinski definition) is 5. The Labute approximate surface area is 157 Å². The number of amides is 1. The summed E-state index contributed by atoms with van der Waals surface area (Å²) in [6.45, 7) is 3.92. The van der Waals surface area contributed by atoms with Crippen LogP contribution in [0.1, 0.15) is 25.3 Å². The van der Waals surface area contributed by atoms with E-state index in [9.17, 15) is 4.79 Å². The van der Waals surface area contributed by atoms with Gasteiger partial charge in [-0.25, -0.2) is 4.98 Å². The minimum atomic E-state index is -0.0561. The topological polar surface area (TPSA) is 64.1 Å². The highest BCUT2D eigenvalue weighted by Crippen LogP contribution is 2.25. The van der Waals surface area contributed by atoms with Crippen LogP contribution in [-0.4, -0.2) is 22.0 Å². The van der Waals surface area contributed by atoms with Crippen LogP contribution in [0.15, 0.2) is 54.0 Å². The summed E-state index contributed by atoms with van der Waals surface area (Å²) >= 11 is 1.55. The third-order valence-corrected chi connectivity index (χ3v) is 4.48. The molecule has 3 rings (SSSR count). The van der Waals surface area contributed by atoms with Gasteiger partial charge in [0.2, 0.25) is 5.91 Å². The largest absolute Gasteiger partial charge is 0.489 e. The fraction of sp³-hybridized carbons (Fsp3) is 0.250. The van der Waals surface area contributed by atoms with E-state index in [1.165, 1.54) is 0 Å². The Kier molecular flexibility index (Phi) is 5.96. The van der Waals surface area contributed by atoms with Crippen molar-refractivity contribution in [3.05, 3.63) is 59.0 Å². The van der Waals surface area contributed by atoms with Crippen LogP contribution in [0.3, 0.4) is 0 Å². The van der Waals surface area contributed by atoms with Crippen molar-refractivity contribution >= 4 is 22.9 Å². The van der Waals surface area contributed by atoms with Crippen molar-refractivity contribution in [3.63, 3.8) is 0 Å². The molecule has 0 atom stereocenters. The summed E-state index contributed by atoms with van der Waals surface area (Å²) in [6, 6.07) is 13.2. The average Bonchev–Trinajstić information content (AvgIpc) is 3.11. The molecule has 1 amide bonds. The van der Waals surface area contributed by atoms with Crippen LogP contribution in [0.5, 0.6) is 5.75 Å². The second kappa shape index (κ2) is 8.58. The summed E-state index contributed by atoms with van der Waals surface area (Å²) in [5.41, 5.74) is 2.39. The molecule has 5 nitrogen and oxygen atoms in total. The van der Waals surface area contributed by atoms with E-state index in [0.717, 1.165) is 16.4 Å². The van der Waals surface area contributed by atoms with Crippen LogP contribution in [0.4, 0.5) is 5.69 Å². The molecule has 134 valence electrons. The quantitative estimate of drug-likeness (QED) is 0.665. The van der Waals surface area contributed by atoms with E-state index >= 15 is 0 Å². The number of thiazole rings is 1. The number of carbonyl (C=O) groups is 1. The van der Waals surface area contributed by atoms with Crippen LogP contribution in [0.2, 0.25) is 0 Å². The second-order valence-corrected chi connectivity index (χ2v) is 7.00. The summed E-state index contributed by atoms with van der Waals surface area (Å²) in [4.78, 5) is 21.2. The lowest BCUT2D eigenvalue weighted by Gasteiger charge is -2.14. The molecule has 0 fully saturated rings. The van der Waals surface area contributed by atoms with Crippen molar-refractivity contribution in [2.75, 3.05) is 5.32 Å². The maximum absolute atomic E-state index is 12.3. The Hall–Kier alpha value is -2.73. The Morgan fingerprint density at radius 1 is 1.15 bits per heavy atom. The normalized spacial score (nSPS) is 10.7. The minimum absolute atomic E-state index is 0.0494. The van der Waals surface area contributed by atoms with Gasteiger partial charge in [-0.2, -0.15) is 0 Å². The van der Waals surface area contributed by atoms with Gasteiger partial charge in [0.05, 0.1) is 28.2 Å². The Balaban J connectivity index is 1.58. The number of aromatic nitrogens is 2. The molecule has 1 N–H and O–H groups in total. The highest BCUT2D eigenvalue weighted by molar-refractivity contribution is 7.09. The summed E-state index contributed by atoms with van der Waals surface area (Å²) in [6.07, 6.45) is 2.76. The molecule has 26 heavy (non-hydrogen) atoms. The number of carbonyl (C=O) groups excluding carboxylic acids is 1. The van der Waals surface area contributed by atoms with E-state index in [-0.39, 0.29) is 12.0 Å². The van der Waals surface area contributed by atoms with Crippen LogP contribution in [0, 0.1) is 0 Å². The maximum atomic E-state index is 12.3. The minimum Gasteiger partial charge on any atom is -0.489 e. The lowest BCUT2D eigenvalue weighted by Crippen LogP contribution is -2.14. The molecule has 2 aromatic heterocycles. The van der Waals surface area contributed by atoms with E-state index in [1.807, 2.05) is 61.7 Å². The van der Waals surface area contributed by atoms with Gasteiger partial charge >= 0.3 is 0 Å². The van der Waals surface area contributed by atoms with Gasteiger partial charge in [0.15, 0.2) is 0 Å². The van der Waals surface area contributed by atoms with Crippen LogP contribution >= 0.6 is 11.3 Å². The van der Waals surface area contributed by atoms with Crippen molar-refractivity contribution in [1.29, 1.82) is 0 Å². The fourth-order valence-corrected chi connectivity index (χ4v) is 3.21. The van der Waals surface area contributed by atoms with E-state index in [4.69, 9.17) is 4.74 Å². The van der Waals surface area contributed by atoms with Crippen molar-refractivity contribution in [2.45, 2.75) is 32.8 Å². The average molecular weight is 367 g/mol. The molecular weight excluding hydrogens is 346 g/mol. The number of anilines is 1. The van der Waals surface area contributed by atoms with Gasteiger partial charge in [-0.05, 0) is 38.1 Å². The number of rotatable bonds is 7. The molecule has 0 saturated carbocycles. The molecule has 0 unspecified atom stereocenters. The van der Waals surface area contributed by atoms with Gasteiger partial charge in [-0.3, -0.25) is 9.78 Å². The number of para-hydroxylation sites is 2. The summed E-state index contributed by atoms with van der Waals surface area (Å²) in [5.74, 6) is 0.627. The summed E-state index contributed by atoms with van der Waals surface area (Å²) in [7, 11) is 0. The molecule has 0 aliphatic rings. The molecule has 0 aliphatic heterocycles. The highest BCUT2D eigenvalue weighted by atomic mass is 32.1. The first-order chi connectivity index (χ1) is 12.6.